The molecule has 168 valence electrons. The van der Waals surface area contributed by atoms with Crippen LogP contribution >= 0.6 is 0 Å². The summed E-state index contributed by atoms with van der Waals surface area (Å²) >= 11 is 0. The zero-order valence-corrected chi connectivity index (χ0v) is 18.7. The molecule has 11 nitrogen and oxygen atoms in total. The van der Waals surface area contributed by atoms with E-state index in [2.05, 4.69) is 0 Å². The van der Waals surface area contributed by atoms with E-state index in [-0.39, 0.29) is 42.7 Å². The Hall–Kier alpha value is -1.96. The highest BCUT2D eigenvalue weighted by atomic mass is 32.2. The lowest BCUT2D eigenvalue weighted by Crippen LogP contribution is -2.57. The maximum Gasteiger partial charge on any atom is 0.265 e. The number of hydrogen-bond acceptors (Lipinski definition) is 6. The number of nitrogens with two attached hydrogens (primary N) is 1. The van der Waals surface area contributed by atoms with Crippen molar-refractivity contribution >= 4 is 31.9 Å². The van der Waals surface area contributed by atoms with Gasteiger partial charge in [0.2, 0.25) is 26.0 Å². The maximum atomic E-state index is 13.0. The van der Waals surface area contributed by atoms with Gasteiger partial charge in [-0.25, -0.2) is 16.8 Å². The Morgan fingerprint density at radius 2 is 1.67 bits per heavy atom. The molecule has 13 heteroatoms. The van der Waals surface area contributed by atoms with Crippen molar-refractivity contribution in [2.45, 2.75) is 30.2 Å². The Kier molecular flexibility index (Phi) is 6.28. The Morgan fingerprint density at radius 1 is 1.03 bits per heavy atom. The molecule has 0 spiro atoms. The zero-order valence-electron chi connectivity index (χ0n) is 17.0. The van der Waals surface area contributed by atoms with Gasteiger partial charge in [0.25, 0.3) is 5.91 Å². The number of rotatable bonds is 5. The topological polar surface area (TPSA) is 143 Å². The quantitative estimate of drug-likeness (QED) is 0.582. The van der Waals surface area contributed by atoms with E-state index in [1.54, 1.807) is 0 Å². The number of nitrogens with zero attached hydrogens (tertiary/aromatic N) is 4. The molecule has 2 aliphatic heterocycles. The van der Waals surface area contributed by atoms with Gasteiger partial charge in [-0.05, 0) is 18.9 Å². The van der Waals surface area contributed by atoms with Gasteiger partial charge < -0.3 is 15.2 Å². The first kappa shape index (κ1) is 22.7. The summed E-state index contributed by atoms with van der Waals surface area (Å²) in [6.07, 6.45) is 4.38. The van der Waals surface area contributed by atoms with Gasteiger partial charge in [-0.2, -0.15) is 8.61 Å². The normalized spacial score (nSPS) is 22.2. The molecule has 1 atom stereocenters. The highest BCUT2D eigenvalue weighted by molar-refractivity contribution is 7.89. The molecule has 0 radical (unpaired) electrons. The summed E-state index contributed by atoms with van der Waals surface area (Å²) in [6, 6.07) is 0.505. The molecule has 0 bridgehead atoms. The number of piperazine rings is 1. The summed E-state index contributed by atoms with van der Waals surface area (Å²) in [6.45, 7) is 0.823. The second kappa shape index (κ2) is 8.29. The van der Waals surface area contributed by atoms with Crippen molar-refractivity contribution in [2.24, 2.45) is 12.8 Å². The number of carbonyl (C=O) groups is 2. The van der Waals surface area contributed by atoms with Crippen molar-refractivity contribution in [1.29, 1.82) is 0 Å². The summed E-state index contributed by atoms with van der Waals surface area (Å²) in [7, 11) is -5.81. The van der Waals surface area contributed by atoms with Gasteiger partial charge in [0.1, 0.15) is 16.6 Å². The molecule has 1 aromatic heterocycles. The van der Waals surface area contributed by atoms with Gasteiger partial charge in [0.05, 0.1) is 6.26 Å². The van der Waals surface area contributed by atoms with Crippen LogP contribution in [0, 0.1) is 0 Å². The Morgan fingerprint density at radius 3 is 2.20 bits per heavy atom. The largest absolute Gasteiger partial charge is 0.364 e. The third kappa shape index (κ3) is 4.38. The number of primary amides is 1. The average Bonchev–Trinajstić information content (AvgIpc) is 3.10. The molecule has 2 aliphatic rings. The lowest BCUT2D eigenvalue weighted by molar-refractivity contribution is -0.137. The minimum Gasteiger partial charge on any atom is -0.364 e. The van der Waals surface area contributed by atoms with Gasteiger partial charge >= 0.3 is 0 Å². The molecule has 30 heavy (non-hydrogen) atoms. The maximum absolute atomic E-state index is 13.0. The molecule has 2 saturated heterocycles. The van der Waals surface area contributed by atoms with E-state index in [1.165, 1.54) is 37.4 Å². The predicted molar refractivity (Wildman–Crippen MR) is 108 cm³/mol. The SMILES string of the molecule is Cn1cc(S(=O)(=O)N2CCN(C(=O)[C@@H]3CCCCN3S(C)(=O)=O)CC2)cc1C(N)=O. The molecule has 2 N–H and O–H groups in total. The fourth-order valence-corrected chi connectivity index (χ4v) is 6.59. The predicted octanol–water partition coefficient (Wildman–Crippen LogP) is -1.23. The molecule has 2 amide bonds. The van der Waals surface area contributed by atoms with E-state index in [4.69, 9.17) is 5.73 Å². The summed E-state index contributed by atoms with van der Waals surface area (Å²) in [5.74, 6) is -1.01. The lowest BCUT2D eigenvalue weighted by Gasteiger charge is -2.39. The van der Waals surface area contributed by atoms with Crippen LogP contribution in [0.25, 0.3) is 0 Å². The molecule has 0 aliphatic carbocycles. The first-order valence-electron chi connectivity index (χ1n) is 9.65. The third-order valence-corrected chi connectivity index (χ3v) is 8.74. The molecule has 2 fully saturated rings. The van der Waals surface area contributed by atoms with Crippen molar-refractivity contribution in [3.05, 3.63) is 18.0 Å². The van der Waals surface area contributed by atoms with Crippen LogP contribution in [-0.4, -0.2) is 91.7 Å². The second-order valence-electron chi connectivity index (χ2n) is 7.65. The molecular formula is C17H27N5O6S2. The first-order chi connectivity index (χ1) is 13.9. The average molecular weight is 462 g/mol. The Labute approximate surface area is 176 Å². The molecular weight excluding hydrogens is 434 g/mol. The van der Waals surface area contributed by atoms with E-state index in [0.29, 0.717) is 19.4 Å². The van der Waals surface area contributed by atoms with Crippen LogP contribution in [0.15, 0.2) is 17.2 Å². The van der Waals surface area contributed by atoms with Crippen LogP contribution in [0.3, 0.4) is 0 Å². The highest BCUT2D eigenvalue weighted by Gasteiger charge is 2.39. The van der Waals surface area contributed by atoms with Gasteiger partial charge in [0, 0.05) is 46.0 Å². The number of amides is 2. The number of hydrogen-bond donors (Lipinski definition) is 1. The zero-order chi connectivity index (χ0) is 22.3. The fourth-order valence-electron chi connectivity index (χ4n) is 3.98. The summed E-state index contributed by atoms with van der Waals surface area (Å²) in [5, 5.41) is 0. The number of carbonyl (C=O) groups excluding carboxylic acids is 2. The van der Waals surface area contributed by atoms with Crippen LogP contribution in [0.4, 0.5) is 0 Å². The van der Waals surface area contributed by atoms with Crippen molar-refractivity contribution in [1.82, 2.24) is 18.1 Å². The van der Waals surface area contributed by atoms with Crippen LogP contribution < -0.4 is 5.73 Å². The standard InChI is InChI=1S/C17H27N5O6S2/c1-19-12-13(11-15(19)16(18)23)30(27,28)21-9-7-20(8-10-21)17(24)14-5-3-4-6-22(14)29(2,25)26/h11-12,14H,3-10H2,1-2H3,(H2,18,23)/t14-/m0/s1. The van der Waals surface area contributed by atoms with Gasteiger partial charge in [-0.15, -0.1) is 0 Å². The lowest BCUT2D eigenvalue weighted by atomic mass is 10.0. The molecule has 1 aromatic rings. The smallest absolute Gasteiger partial charge is 0.265 e. The van der Waals surface area contributed by atoms with E-state index in [9.17, 15) is 26.4 Å². The number of aromatic nitrogens is 1. The van der Waals surface area contributed by atoms with Crippen molar-refractivity contribution < 1.29 is 26.4 Å². The van der Waals surface area contributed by atoms with Gasteiger partial charge in [0.15, 0.2) is 0 Å². The van der Waals surface area contributed by atoms with Crippen LogP contribution in [0.5, 0.6) is 0 Å². The van der Waals surface area contributed by atoms with Crippen LogP contribution in [0.2, 0.25) is 0 Å². The Balaban J connectivity index is 1.70. The summed E-state index contributed by atoms with van der Waals surface area (Å²) in [4.78, 5) is 25.9. The molecule has 3 heterocycles. The van der Waals surface area contributed by atoms with Crippen LogP contribution in [-0.2, 0) is 31.9 Å². The molecule has 3 rings (SSSR count). The number of sulfonamides is 2. The molecule has 0 unspecified atom stereocenters. The van der Waals surface area contributed by atoms with E-state index in [0.717, 1.165) is 12.7 Å². The summed E-state index contributed by atoms with van der Waals surface area (Å²) < 4.78 is 53.7. The minimum absolute atomic E-state index is 0.0332. The third-order valence-electron chi connectivity index (χ3n) is 5.59. The molecule has 0 aromatic carbocycles. The molecule has 0 saturated carbocycles. The first-order valence-corrected chi connectivity index (χ1v) is 12.9. The summed E-state index contributed by atoms with van der Waals surface area (Å²) in [5.41, 5.74) is 5.34. The number of aryl methyl sites for hydroxylation is 1. The minimum atomic E-state index is -3.84. The van der Waals surface area contributed by atoms with Crippen LogP contribution in [0.1, 0.15) is 29.8 Å². The fraction of sp³-hybridized carbons (Fsp3) is 0.647. The monoisotopic (exact) mass is 461 g/mol. The van der Waals surface area contributed by atoms with Crippen molar-refractivity contribution in [3.8, 4) is 0 Å². The van der Waals surface area contributed by atoms with Crippen molar-refractivity contribution in [3.63, 3.8) is 0 Å². The second-order valence-corrected chi connectivity index (χ2v) is 11.5. The van der Waals surface area contributed by atoms with E-state index in [1.807, 2.05) is 0 Å². The van der Waals surface area contributed by atoms with E-state index >= 15 is 0 Å². The Bertz CT molecular complexity index is 1040. The van der Waals surface area contributed by atoms with Gasteiger partial charge in [-0.1, -0.05) is 6.42 Å². The number of piperidine rings is 1. The van der Waals surface area contributed by atoms with Crippen molar-refractivity contribution in [2.75, 3.05) is 39.0 Å². The highest BCUT2D eigenvalue weighted by Crippen LogP contribution is 2.24. The van der Waals surface area contributed by atoms with E-state index < -0.39 is 32.0 Å². The van der Waals surface area contributed by atoms with Gasteiger partial charge in [-0.3, -0.25) is 9.59 Å².